The van der Waals surface area contributed by atoms with Gasteiger partial charge in [-0.15, -0.1) is 0 Å². The molecule has 3 aromatic rings. The number of anilines is 2. The standard InChI is InChI=1S/C16H16N4O/c1-3-7-13(8-4-1)11-17-15-16(20-21-19-15)18-12-14-9-5-2-6-10-14/h1-10H,11-12H2,(H,17,19)(H,18,20). The molecule has 3 rings (SSSR count). The zero-order chi connectivity index (χ0) is 14.3. The second kappa shape index (κ2) is 6.56. The summed E-state index contributed by atoms with van der Waals surface area (Å²) in [7, 11) is 0. The van der Waals surface area contributed by atoms with Gasteiger partial charge in [0, 0.05) is 13.1 Å². The highest BCUT2D eigenvalue weighted by Crippen LogP contribution is 2.17. The second-order valence-corrected chi connectivity index (χ2v) is 4.64. The van der Waals surface area contributed by atoms with Crippen LogP contribution < -0.4 is 10.6 Å². The first-order chi connectivity index (χ1) is 10.4. The summed E-state index contributed by atoms with van der Waals surface area (Å²) < 4.78 is 4.80. The lowest BCUT2D eigenvalue weighted by atomic mass is 10.2. The van der Waals surface area contributed by atoms with Crippen LogP contribution in [0.1, 0.15) is 11.1 Å². The fourth-order valence-electron chi connectivity index (χ4n) is 1.98. The average Bonchev–Trinajstić information content (AvgIpc) is 3.00. The van der Waals surface area contributed by atoms with Crippen LogP contribution in [0.4, 0.5) is 11.6 Å². The molecule has 106 valence electrons. The second-order valence-electron chi connectivity index (χ2n) is 4.64. The monoisotopic (exact) mass is 280 g/mol. The molecule has 0 fully saturated rings. The number of benzene rings is 2. The van der Waals surface area contributed by atoms with Gasteiger partial charge in [-0.05, 0) is 21.4 Å². The summed E-state index contributed by atoms with van der Waals surface area (Å²) in [5.74, 6) is 1.24. The highest BCUT2D eigenvalue weighted by Gasteiger charge is 2.08. The van der Waals surface area contributed by atoms with E-state index in [4.69, 9.17) is 4.63 Å². The third-order valence-electron chi connectivity index (χ3n) is 3.09. The van der Waals surface area contributed by atoms with Crippen LogP contribution in [0, 0.1) is 0 Å². The molecular weight excluding hydrogens is 264 g/mol. The molecule has 0 saturated carbocycles. The highest BCUT2D eigenvalue weighted by atomic mass is 16.6. The molecule has 0 radical (unpaired) electrons. The first-order valence-electron chi connectivity index (χ1n) is 6.80. The summed E-state index contributed by atoms with van der Waals surface area (Å²) in [6, 6.07) is 20.2. The maximum atomic E-state index is 4.80. The highest BCUT2D eigenvalue weighted by molar-refractivity contribution is 5.57. The molecule has 0 amide bonds. The van der Waals surface area contributed by atoms with E-state index in [1.54, 1.807) is 0 Å². The van der Waals surface area contributed by atoms with Gasteiger partial charge in [0.05, 0.1) is 0 Å². The van der Waals surface area contributed by atoms with Gasteiger partial charge < -0.3 is 10.6 Å². The zero-order valence-corrected chi connectivity index (χ0v) is 11.5. The van der Waals surface area contributed by atoms with Gasteiger partial charge >= 0.3 is 0 Å². The molecule has 0 aliphatic heterocycles. The van der Waals surface area contributed by atoms with E-state index in [2.05, 4.69) is 45.2 Å². The van der Waals surface area contributed by atoms with Crippen LogP contribution in [0.5, 0.6) is 0 Å². The first-order valence-corrected chi connectivity index (χ1v) is 6.80. The van der Waals surface area contributed by atoms with Crippen molar-refractivity contribution in [3.63, 3.8) is 0 Å². The van der Waals surface area contributed by atoms with E-state index >= 15 is 0 Å². The minimum atomic E-state index is 0.620. The van der Waals surface area contributed by atoms with E-state index in [9.17, 15) is 0 Å². The molecule has 5 heteroatoms. The van der Waals surface area contributed by atoms with E-state index in [0.29, 0.717) is 24.7 Å². The first kappa shape index (κ1) is 13.2. The third kappa shape index (κ3) is 3.60. The molecule has 5 nitrogen and oxygen atoms in total. The van der Waals surface area contributed by atoms with Crippen molar-refractivity contribution >= 4 is 11.6 Å². The van der Waals surface area contributed by atoms with Gasteiger partial charge in [-0.1, -0.05) is 60.7 Å². The molecule has 2 N–H and O–H groups in total. The molecule has 21 heavy (non-hydrogen) atoms. The fraction of sp³-hybridized carbons (Fsp3) is 0.125. The summed E-state index contributed by atoms with van der Waals surface area (Å²) in [4.78, 5) is 0. The Morgan fingerprint density at radius 3 is 1.52 bits per heavy atom. The molecule has 2 aromatic carbocycles. The maximum absolute atomic E-state index is 4.80. The van der Waals surface area contributed by atoms with Crippen molar-refractivity contribution in [2.75, 3.05) is 10.6 Å². The summed E-state index contributed by atoms with van der Waals surface area (Å²) >= 11 is 0. The van der Waals surface area contributed by atoms with Crippen LogP contribution in [0.2, 0.25) is 0 Å². The lowest BCUT2D eigenvalue weighted by Crippen LogP contribution is -2.05. The summed E-state index contributed by atoms with van der Waals surface area (Å²) in [5.41, 5.74) is 2.35. The van der Waals surface area contributed by atoms with Gasteiger partial charge in [0.1, 0.15) is 0 Å². The molecule has 1 aromatic heterocycles. The molecular formula is C16H16N4O. The van der Waals surface area contributed by atoms with E-state index in [1.807, 2.05) is 36.4 Å². The minimum Gasteiger partial charge on any atom is -0.360 e. The largest absolute Gasteiger partial charge is 0.360 e. The number of hydrogen-bond donors (Lipinski definition) is 2. The van der Waals surface area contributed by atoms with E-state index in [0.717, 1.165) is 0 Å². The van der Waals surface area contributed by atoms with Crippen molar-refractivity contribution in [2.45, 2.75) is 13.1 Å². The van der Waals surface area contributed by atoms with Crippen molar-refractivity contribution in [3.8, 4) is 0 Å². The topological polar surface area (TPSA) is 63.0 Å². The van der Waals surface area contributed by atoms with Crippen LogP contribution in [0.3, 0.4) is 0 Å². The Balaban J connectivity index is 1.59. The minimum absolute atomic E-state index is 0.620. The molecule has 0 spiro atoms. The van der Waals surface area contributed by atoms with Gasteiger partial charge in [-0.2, -0.15) is 0 Å². The number of aromatic nitrogens is 2. The van der Waals surface area contributed by atoms with Gasteiger partial charge in [-0.3, -0.25) is 0 Å². The Hall–Kier alpha value is -2.82. The lowest BCUT2D eigenvalue weighted by Gasteiger charge is -2.06. The van der Waals surface area contributed by atoms with Crippen molar-refractivity contribution in [2.24, 2.45) is 0 Å². The molecule has 0 saturated heterocycles. The zero-order valence-electron chi connectivity index (χ0n) is 11.5. The number of nitrogens with one attached hydrogen (secondary N) is 2. The maximum Gasteiger partial charge on any atom is 0.215 e. The summed E-state index contributed by atoms with van der Waals surface area (Å²) in [5, 5.41) is 14.2. The van der Waals surface area contributed by atoms with Crippen LogP contribution >= 0.6 is 0 Å². The lowest BCUT2D eigenvalue weighted by molar-refractivity contribution is 0.310. The van der Waals surface area contributed by atoms with Crippen LogP contribution in [-0.2, 0) is 13.1 Å². The van der Waals surface area contributed by atoms with E-state index in [1.165, 1.54) is 11.1 Å². The van der Waals surface area contributed by atoms with Crippen molar-refractivity contribution in [1.82, 2.24) is 10.3 Å². The van der Waals surface area contributed by atoms with E-state index < -0.39 is 0 Å². The number of hydrogen-bond acceptors (Lipinski definition) is 5. The van der Waals surface area contributed by atoms with Gasteiger partial charge in [0.25, 0.3) is 0 Å². The van der Waals surface area contributed by atoms with Crippen LogP contribution in [0.25, 0.3) is 0 Å². The van der Waals surface area contributed by atoms with Crippen LogP contribution in [-0.4, -0.2) is 10.3 Å². The Morgan fingerprint density at radius 1 is 0.667 bits per heavy atom. The van der Waals surface area contributed by atoms with Crippen molar-refractivity contribution < 1.29 is 4.63 Å². The van der Waals surface area contributed by atoms with Crippen molar-refractivity contribution in [1.29, 1.82) is 0 Å². The number of rotatable bonds is 6. The predicted octanol–water partition coefficient (Wildman–Crippen LogP) is 3.29. The normalized spacial score (nSPS) is 10.3. The molecule has 0 bridgehead atoms. The number of nitrogens with zero attached hydrogens (tertiary/aromatic N) is 2. The van der Waals surface area contributed by atoms with Gasteiger partial charge in [0.2, 0.25) is 11.6 Å². The SMILES string of the molecule is c1ccc(CNc2nonc2NCc2ccccc2)cc1. The molecule has 1 heterocycles. The third-order valence-corrected chi connectivity index (χ3v) is 3.09. The molecule has 0 unspecified atom stereocenters. The van der Waals surface area contributed by atoms with Gasteiger partial charge in [-0.25, -0.2) is 4.63 Å². The quantitative estimate of drug-likeness (QED) is 0.725. The van der Waals surface area contributed by atoms with E-state index in [-0.39, 0.29) is 0 Å². The molecule has 0 atom stereocenters. The molecule has 0 aliphatic rings. The molecule has 0 aliphatic carbocycles. The predicted molar refractivity (Wildman–Crippen MR) is 81.8 cm³/mol. The average molecular weight is 280 g/mol. The van der Waals surface area contributed by atoms with Gasteiger partial charge in [0.15, 0.2) is 0 Å². The van der Waals surface area contributed by atoms with Crippen LogP contribution in [0.15, 0.2) is 65.3 Å². The Labute approximate surface area is 123 Å². The Bertz CT molecular complexity index is 609. The Kier molecular flexibility index (Phi) is 4.12. The summed E-state index contributed by atoms with van der Waals surface area (Å²) in [6.07, 6.45) is 0. The van der Waals surface area contributed by atoms with Crippen molar-refractivity contribution in [3.05, 3.63) is 71.8 Å². The Morgan fingerprint density at radius 2 is 1.10 bits per heavy atom. The smallest absolute Gasteiger partial charge is 0.215 e. The summed E-state index contributed by atoms with van der Waals surface area (Å²) in [6.45, 7) is 1.35. The fourth-order valence-corrected chi connectivity index (χ4v) is 1.98.